The fourth-order valence-electron chi connectivity index (χ4n) is 4.89. The Hall–Kier alpha value is -2.27. The molecular formula is C24H32N4O4S2. The van der Waals surface area contributed by atoms with Gasteiger partial charge in [0.1, 0.15) is 5.00 Å². The molecule has 1 aromatic carbocycles. The molecule has 0 unspecified atom stereocenters. The average Bonchev–Trinajstić information content (AvgIpc) is 3.14. The van der Waals surface area contributed by atoms with E-state index in [1.54, 1.807) is 11.4 Å². The van der Waals surface area contributed by atoms with E-state index in [0.717, 1.165) is 36.4 Å². The average molecular weight is 505 g/mol. The van der Waals surface area contributed by atoms with Crippen molar-refractivity contribution in [3.8, 4) is 0 Å². The molecule has 2 aliphatic heterocycles. The van der Waals surface area contributed by atoms with Crippen molar-refractivity contribution in [3.05, 3.63) is 45.8 Å². The van der Waals surface area contributed by atoms with Gasteiger partial charge in [-0.2, -0.15) is 4.31 Å². The number of nitrogens with one attached hydrogen (secondary N) is 2. The molecule has 4 rings (SSSR count). The van der Waals surface area contributed by atoms with Crippen LogP contribution in [0.25, 0.3) is 0 Å². The van der Waals surface area contributed by atoms with Crippen molar-refractivity contribution in [2.75, 3.05) is 39.0 Å². The minimum atomic E-state index is -3.61. The number of carbonyl (C=O) groups excluding carboxylic acids is 2. The smallest absolute Gasteiger partial charge is 0.256 e. The number of rotatable bonds is 5. The molecule has 0 spiro atoms. The number of carbonyl (C=O) groups is 2. The second-order valence-electron chi connectivity index (χ2n) is 9.52. The van der Waals surface area contributed by atoms with Gasteiger partial charge in [-0.15, -0.1) is 11.3 Å². The number of piperidine rings is 1. The van der Waals surface area contributed by atoms with Crippen molar-refractivity contribution in [2.45, 2.75) is 38.1 Å². The van der Waals surface area contributed by atoms with Crippen LogP contribution < -0.4 is 10.6 Å². The Morgan fingerprint density at radius 2 is 1.71 bits per heavy atom. The summed E-state index contributed by atoms with van der Waals surface area (Å²) in [5.74, 6) is 0.0362. The zero-order valence-electron chi connectivity index (χ0n) is 20.1. The summed E-state index contributed by atoms with van der Waals surface area (Å²) in [6.45, 7) is 6.74. The molecule has 0 radical (unpaired) electrons. The van der Waals surface area contributed by atoms with Crippen LogP contribution in [0.5, 0.6) is 0 Å². The fraction of sp³-hybridized carbons (Fsp3) is 0.500. The predicted octanol–water partition coefficient (Wildman–Crippen LogP) is 3.01. The van der Waals surface area contributed by atoms with Crippen LogP contribution in [0.15, 0.2) is 29.2 Å². The molecule has 0 aliphatic carbocycles. The summed E-state index contributed by atoms with van der Waals surface area (Å²) < 4.78 is 27.8. The molecule has 1 aromatic heterocycles. The molecule has 2 N–H and O–H groups in total. The highest BCUT2D eigenvalue weighted by atomic mass is 32.2. The number of thiophene rings is 1. The highest BCUT2D eigenvalue weighted by Gasteiger charge is 2.32. The first-order valence-electron chi connectivity index (χ1n) is 11.6. The minimum absolute atomic E-state index is 0.186. The lowest BCUT2D eigenvalue weighted by Crippen LogP contribution is -2.42. The largest absolute Gasteiger partial charge is 0.355 e. The third kappa shape index (κ3) is 4.91. The SMILES string of the molecule is CNC(=O)c1c(NC(=O)c2ccc(S(=O)(=O)N3C[C@@H](C)C[C@H](C)C3)cc2)sc2c1CCN(C)C2. The van der Waals surface area contributed by atoms with Gasteiger partial charge in [0, 0.05) is 43.7 Å². The first kappa shape index (κ1) is 24.8. The van der Waals surface area contributed by atoms with E-state index in [0.29, 0.717) is 41.1 Å². The van der Waals surface area contributed by atoms with E-state index in [1.165, 1.54) is 35.6 Å². The van der Waals surface area contributed by atoms with Crippen molar-refractivity contribution < 1.29 is 18.0 Å². The third-order valence-electron chi connectivity index (χ3n) is 6.52. The Bertz CT molecular complexity index is 1180. The number of benzene rings is 1. The summed E-state index contributed by atoms with van der Waals surface area (Å²) in [4.78, 5) is 29.0. The quantitative estimate of drug-likeness (QED) is 0.652. The van der Waals surface area contributed by atoms with E-state index in [1.807, 2.05) is 7.05 Å². The highest BCUT2D eigenvalue weighted by molar-refractivity contribution is 7.89. The molecule has 0 bridgehead atoms. The summed E-state index contributed by atoms with van der Waals surface area (Å²) >= 11 is 1.42. The molecule has 2 aromatic rings. The zero-order valence-corrected chi connectivity index (χ0v) is 21.7. The van der Waals surface area contributed by atoms with Crippen molar-refractivity contribution in [2.24, 2.45) is 11.8 Å². The van der Waals surface area contributed by atoms with Gasteiger partial charge in [-0.3, -0.25) is 9.59 Å². The van der Waals surface area contributed by atoms with Gasteiger partial charge in [0.2, 0.25) is 10.0 Å². The number of hydrogen-bond acceptors (Lipinski definition) is 6. The topological polar surface area (TPSA) is 98.8 Å². The molecule has 2 amide bonds. The predicted molar refractivity (Wildman–Crippen MR) is 134 cm³/mol. The van der Waals surface area contributed by atoms with Crippen molar-refractivity contribution in [3.63, 3.8) is 0 Å². The molecule has 1 fully saturated rings. The zero-order chi connectivity index (χ0) is 24.6. The third-order valence-corrected chi connectivity index (χ3v) is 9.50. The van der Waals surface area contributed by atoms with E-state index >= 15 is 0 Å². The van der Waals surface area contributed by atoms with E-state index in [4.69, 9.17) is 0 Å². The van der Waals surface area contributed by atoms with E-state index in [2.05, 4.69) is 29.4 Å². The Balaban J connectivity index is 1.54. The van der Waals surface area contributed by atoms with Crippen LogP contribution in [-0.4, -0.2) is 63.2 Å². The molecule has 3 heterocycles. The number of anilines is 1. The number of sulfonamides is 1. The molecule has 8 nitrogen and oxygen atoms in total. The van der Waals surface area contributed by atoms with E-state index < -0.39 is 10.0 Å². The summed E-state index contributed by atoms with van der Waals surface area (Å²) in [6.07, 6.45) is 1.77. The van der Waals surface area contributed by atoms with Gasteiger partial charge in [-0.05, 0) is 61.6 Å². The summed E-state index contributed by atoms with van der Waals surface area (Å²) in [7, 11) is -0.00344. The summed E-state index contributed by atoms with van der Waals surface area (Å²) in [5, 5.41) is 6.09. The molecule has 0 saturated carbocycles. The van der Waals surface area contributed by atoms with Gasteiger partial charge in [-0.1, -0.05) is 13.8 Å². The summed E-state index contributed by atoms with van der Waals surface area (Å²) in [6, 6.07) is 6.03. The van der Waals surface area contributed by atoms with Crippen LogP contribution >= 0.6 is 11.3 Å². The molecule has 34 heavy (non-hydrogen) atoms. The molecule has 2 aliphatic rings. The second kappa shape index (κ2) is 9.77. The van der Waals surface area contributed by atoms with Gasteiger partial charge in [0.05, 0.1) is 10.5 Å². The van der Waals surface area contributed by atoms with Crippen LogP contribution in [0.2, 0.25) is 0 Å². The summed E-state index contributed by atoms with van der Waals surface area (Å²) in [5.41, 5.74) is 1.85. The molecule has 184 valence electrons. The van der Waals surface area contributed by atoms with Crippen LogP contribution in [0.3, 0.4) is 0 Å². The lowest BCUT2D eigenvalue weighted by Gasteiger charge is -2.34. The maximum absolute atomic E-state index is 13.1. The first-order valence-corrected chi connectivity index (χ1v) is 13.8. The fourth-order valence-corrected chi connectivity index (χ4v) is 7.89. The van der Waals surface area contributed by atoms with Gasteiger partial charge >= 0.3 is 0 Å². The normalized spacial score (nSPS) is 21.6. The second-order valence-corrected chi connectivity index (χ2v) is 12.6. The standard InChI is InChI=1S/C24H32N4O4S2/c1-15-11-16(2)13-28(12-15)34(31,32)18-7-5-17(6-8-18)22(29)26-24-21(23(30)25-3)19-9-10-27(4)14-20(19)33-24/h5-8,15-16H,9-14H2,1-4H3,(H,25,30)(H,26,29)/t15-,16-/m0/s1. The van der Waals surface area contributed by atoms with E-state index in [9.17, 15) is 18.0 Å². The first-order chi connectivity index (χ1) is 16.1. The van der Waals surface area contributed by atoms with Gasteiger partial charge in [0.15, 0.2) is 0 Å². The molecule has 10 heteroatoms. The van der Waals surface area contributed by atoms with Crippen LogP contribution in [-0.2, 0) is 23.0 Å². The number of amides is 2. The Kier molecular flexibility index (Phi) is 7.14. The van der Waals surface area contributed by atoms with Gasteiger partial charge in [0.25, 0.3) is 11.8 Å². The van der Waals surface area contributed by atoms with E-state index in [-0.39, 0.29) is 16.7 Å². The Morgan fingerprint density at radius 3 is 2.32 bits per heavy atom. The number of fused-ring (bicyclic) bond motifs is 1. The van der Waals surface area contributed by atoms with Gasteiger partial charge in [-0.25, -0.2) is 8.42 Å². The molecular weight excluding hydrogens is 472 g/mol. The maximum atomic E-state index is 13.1. The highest BCUT2D eigenvalue weighted by Crippen LogP contribution is 2.37. The minimum Gasteiger partial charge on any atom is -0.355 e. The number of likely N-dealkylation sites (N-methyl/N-ethyl adjacent to an activating group) is 1. The van der Waals surface area contributed by atoms with Crippen LogP contribution in [0, 0.1) is 11.8 Å². The monoisotopic (exact) mass is 504 g/mol. The van der Waals surface area contributed by atoms with Gasteiger partial charge < -0.3 is 15.5 Å². The van der Waals surface area contributed by atoms with Crippen LogP contribution in [0.4, 0.5) is 5.00 Å². The van der Waals surface area contributed by atoms with Crippen molar-refractivity contribution in [1.82, 2.24) is 14.5 Å². The van der Waals surface area contributed by atoms with Crippen molar-refractivity contribution >= 4 is 38.2 Å². The lowest BCUT2D eigenvalue weighted by atomic mass is 9.94. The number of nitrogens with zero attached hydrogens (tertiary/aromatic N) is 2. The lowest BCUT2D eigenvalue weighted by molar-refractivity contribution is 0.0962. The van der Waals surface area contributed by atoms with Crippen molar-refractivity contribution in [1.29, 1.82) is 0 Å². The maximum Gasteiger partial charge on any atom is 0.256 e. The molecule has 2 atom stereocenters. The Labute approximate surface area is 205 Å². The Morgan fingerprint density at radius 1 is 1.06 bits per heavy atom. The van der Waals surface area contributed by atoms with Crippen LogP contribution in [0.1, 0.15) is 51.4 Å². The molecule has 1 saturated heterocycles. The number of hydrogen-bond donors (Lipinski definition) is 2.